The van der Waals surface area contributed by atoms with E-state index in [0.717, 1.165) is 28.1 Å². The maximum atomic E-state index is 13.0. The van der Waals surface area contributed by atoms with E-state index in [-0.39, 0.29) is 30.4 Å². The molecule has 4 aromatic rings. The first kappa shape index (κ1) is 28.3. The molecule has 0 saturated heterocycles. The predicted octanol–water partition coefficient (Wildman–Crippen LogP) is 4.52. The van der Waals surface area contributed by atoms with Crippen molar-refractivity contribution in [2.45, 2.75) is 45.9 Å². The zero-order valence-corrected chi connectivity index (χ0v) is 23.8. The predicted molar refractivity (Wildman–Crippen MR) is 149 cm³/mol. The van der Waals surface area contributed by atoms with E-state index in [2.05, 4.69) is 5.10 Å². The van der Waals surface area contributed by atoms with Crippen LogP contribution >= 0.6 is 0 Å². The Bertz CT molecular complexity index is 1560. The monoisotopic (exact) mass is 550 g/mol. The molecule has 0 bridgehead atoms. The number of carbonyl (C=O) groups is 1. The van der Waals surface area contributed by atoms with Gasteiger partial charge >= 0.3 is 0 Å². The van der Waals surface area contributed by atoms with Crippen LogP contribution in [0.15, 0.2) is 59.5 Å². The van der Waals surface area contributed by atoms with Crippen LogP contribution in [0.5, 0.6) is 5.75 Å². The van der Waals surface area contributed by atoms with Crippen molar-refractivity contribution < 1.29 is 22.1 Å². The van der Waals surface area contributed by atoms with E-state index in [1.165, 1.54) is 12.1 Å². The lowest BCUT2D eigenvalue weighted by Gasteiger charge is -2.18. The number of fused-ring (bicyclic) bond motifs is 1. The third-order valence-corrected chi connectivity index (χ3v) is 7.77. The van der Waals surface area contributed by atoms with Gasteiger partial charge in [0.15, 0.2) is 5.65 Å². The molecular weight excluding hydrogens is 516 g/mol. The van der Waals surface area contributed by atoms with Crippen molar-refractivity contribution in [1.82, 2.24) is 19.5 Å². The maximum Gasteiger partial charge on any atom is 0.297 e. The summed E-state index contributed by atoms with van der Waals surface area (Å²) in [5.74, 6) is 0.578. The van der Waals surface area contributed by atoms with Gasteiger partial charge in [0.25, 0.3) is 10.1 Å². The quantitative estimate of drug-likeness (QED) is 0.200. The molecule has 9 nitrogen and oxygen atoms in total. The second kappa shape index (κ2) is 12.0. The van der Waals surface area contributed by atoms with Crippen molar-refractivity contribution in [2.24, 2.45) is 0 Å². The van der Waals surface area contributed by atoms with Crippen molar-refractivity contribution in [3.05, 3.63) is 77.1 Å². The van der Waals surface area contributed by atoms with E-state index in [4.69, 9.17) is 13.9 Å². The summed E-state index contributed by atoms with van der Waals surface area (Å²) in [4.78, 5) is 19.8. The van der Waals surface area contributed by atoms with E-state index in [0.29, 0.717) is 30.2 Å². The van der Waals surface area contributed by atoms with Gasteiger partial charge < -0.3 is 9.64 Å². The number of benzene rings is 2. The van der Waals surface area contributed by atoms with Crippen LogP contribution in [-0.2, 0) is 25.5 Å². The van der Waals surface area contributed by atoms with Gasteiger partial charge in [-0.05, 0) is 82.6 Å². The third kappa shape index (κ3) is 6.46. The van der Waals surface area contributed by atoms with E-state index < -0.39 is 10.1 Å². The molecule has 4 rings (SSSR count). The first-order valence-corrected chi connectivity index (χ1v) is 14.4. The number of aromatic nitrogens is 3. The molecule has 2 aromatic heterocycles. The minimum absolute atomic E-state index is 0.0181. The van der Waals surface area contributed by atoms with E-state index in [1.54, 1.807) is 33.7 Å². The van der Waals surface area contributed by atoms with Gasteiger partial charge in [-0.25, -0.2) is 9.50 Å². The van der Waals surface area contributed by atoms with E-state index >= 15 is 0 Å². The number of rotatable bonds is 11. The highest BCUT2D eigenvalue weighted by atomic mass is 32.2. The van der Waals surface area contributed by atoms with Gasteiger partial charge in [0.2, 0.25) is 5.91 Å². The fourth-order valence-electron chi connectivity index (χ4n) is 4.38. The number of ether oxygens (including phenoxy) is 1. The second-order valence-electron chi connectivity index (χ2n) is 9.32. The molecule has 0 atom stereocenters. The Kier molecular flexibility index (Phi) is 8.66. The normalized spacial score (nSPS) is 11.6. The first-order valence-electron chi connectivity index (χ1n) is 13.0. The number of imidazole rings is 1. The Morgan fingerprint density at radius 1 is 0.949 bits per heavy atom. The molecule has 10 heteroatoms. The molecular formula is C29H34N4O5S. The number of likely N-dealkylation sites (N-methyl/N-ethyl adjacent to an activating group) is 1. The minimum atomic E-state index is -3.85. The lowest BCUT2D eigenvalue weighted by Crippen LogP contribution is -2.32. The molecule has 0 spiro atoms. The lowest BCUT2D eigenvalue weighted by atomic mass is 10.1. The van der Waals surface area contributed by atoms with E-state index in [9.17, 15) is 13.2 Å². The van der Waals surface area contributed by atoms with Crippen molar-refractivity contribution in [3.8, 4) is 17.0 Å². The molecule has 0 saturated carbocycles. The molecule has 0 N–H and O–H groups in total. The van der Waals surface area contributed by atoms with Crippen molar-refractivity contribution in [3.63, 3.8) is 0 Å². The van der Waals surface area contributed by atoms with Crippen LogP contribution in [0.2, 0.25) is 0 Å². The third-order valence-electron chi connectivity index (χ3n) is 6.45. The highest BCUT2D eigenvalue weighted by molar-refractivity contribution is 7.86. The van der Waals surface area contributed by atoms with Crippen molar-refractivity contribution >= 4 is 21.7 Å². The van der Waals surface area contributed by atoms with Gasteiger partial charge in [0.05, 0.1) is 28.4 Å². The van der Waals surface area contributed by atoms with Crippen LogP contribution in [0, 0.1) is 20.8 Å². The molecule has 0 aliphatic heterocycles. The fraction of sp³-hybridized carbons (Fsp3) is 0.345. The maximum absolute atomic E-state index is 13.0. The Morgan fingerprint density at radius 2 is 1.62 bits per heavy atom. The van der Waals surface area contributed by atoms with Crippen LogP contribution in [0.3, 0.4) is 0 Å². The van der Waals surface area contributed by atoms with E-state index in [1.807, 2.05) is 52.8 Å². The molecule has 0 unspecified atom stereocenters. The molecule has 0 aliphatic carbocycles. The molecule has 0 radical (unpaired) electrons. The Labute approximate surface area is 229 Å². The average Bonchev–Trinajstić information content (AvgIpc) is 3.26. The second-order valence-corrected chi connectivity index (χ2v) is 10.9. The summed E-state index contributed by atoms with van der Waals surface area (Å²) in [6, 6.07) is 15.8. The zero-order chi connectivity index (χ0) is 28.2. The number of hydrogen-bond acceptors (Lipinski definition) is 7. The molecule has 2 heterocycles. The van der Waals surface area contributed by atoms with Crippen molar-refractivity contribution in [1.29, 1.82) is 0 Å². The number of carbonyl (C=O) groups excluding carboxylic acids is 1. The summed E-state index contributed by atoms with van der Waals surface area (Å²) < 4.78 is 37.3. The highest BCUT2D eigenvalue weighted by Crippen LogP contribution is 2.28. The summed E-state index contributed by atoms with van der Waals surface area (Å²) in [6.45, 7) is 10.9. The number of amides is 1. The topological polar surface area (TPSA) is 103 Å². The fourth-order valence-corrected chi connectivity index (χ4v) is 5.27. The lowest BCUT2D eigenvalue weighted by molar-refractivity contribution is -0.130. The Hall–Kier alpha value is -3.76. The van der Waals surface area contributed by atoms with Gasteiger partial charge in [0.1, 0.15) is 19.0 Å². The van der Waals surface area contributed by atoms with Gasteiger partial charge in [-0.3, -0.25) is 8.98 Å². The van der Waals surface area contributed by atoms with Crippen LogP contribution in [-0.4, -0.2) is 60.1 Å². The number of nitrogens with zero attached hydrogens (tertiary/aromatic N) is 4. The molecule has 39 heavy (non-hydrogen) atoms. The SMILES string of the molecule is CCN(CC)C(=O)Cc1c(-c2ccc(OCCOS(=O)(=O)c3ccc(C)cc3)cc2)nc2c(C)cc(C)nn12. The van der Waals surface area contributed by atoms with Crippen LogP contribution in [0.25, 0.3) is 16.9 Å². The molecule has 0 aliphatic rings. The summed E-state index contributed by atoms with van der Waals surface area (Å²) in [5.41, 5.74) is 5.75. The molecule has 2 aromatic carbocycles. The molecule has 0 fully saturated rings. The zero-order valence-electron chi connectivity index (χ0n) is 23.0. The Morgan fingerprint density at radius 3 is 2.26 bits per heavy atom. The summed E-state index contributed by atoms with van der Waals surface area (Å²) in [5, 5.41) is 4.66. The summed E-state index contributed by atoms with van der Waals surface area (Å²) >= 11 is 0. The molecule has 206 valence electrons. The summed E-state index contributed by atoms with van der Waals surface area (Å²) in [6.07, 6.45) is 0.180. The van der Waals surface area contributed by atoms with Gasteiger partial charge in [-0.1, -0.05) is 17.7 Å². The van der Waals surface area contributed by atoms with Gasteiger partial charge in [-0.2, -0.15) is 13.5 Å². The summed E-state index contributed by atoms with van der Waals surface area (Å²) in [7, 11) is -3.85. The first-order chi connectivity index (χ1) is 18.6. The van der Waals surface area contributed by atoms with Crippen molar-refractivity contribution in [2.75, 3.05) is 26.3 Å². The number of aryl methyl sites for hydroxylation is 3. The smallest absolute Gasteiger partial charge is 0.297 e. The van der Waals surface area contributed by atoms with Crippen LogP contribution < -0.4 is 4.74 Å². The number of hydrogen-bond donors (Lipinski definition) is 0. The Balaban J connectivity index is 1.50. The van der Waals surface area contributed by atoms with Crippen LogP contribution in [0.4, 0.5) is 0 Å². The highest BCUT2D eigenvalue weighted by Gasteiger charge is 2.22. The average molecular weight is 551 g/mol. The van der Waals surface area contributed by atoms with Gasteiger partial charge in [-0.15, -0.1) is 0 Å². The molecule has 1 amide bonds. The largest absolute Gasteiger partial charge is 0.491 e. The van der Waals surface area contributed by atoms with Gasteiger partial charge in [0, 0.05) is 18.7 Å². The minimum Gasteiger partial charge on any atom is -0.491 e. The van der Waals surface area contributed by atoms with Crippen LogP contribution in [0.1, 0.15) is 36.4 Å². The standard InChI is InChI=1S/C29H34N4O5S/c1-6-32(7-2)27(34)19-26-28(30-29-21(4)18-22(5)31-33(26)29)23-10-12-24(13-11-23)37-16-17-38-39(35,36)25-14-8-20(3)9-15-25/h8-15,18H,6-7,16-17,19H2,1-5H3.